The van der Waals surface area contributed by atoms with Gasteiger partial charge in [0, 0.05) is 26.1 Å². The average molecular weight is 310 g/mol. The van der Waals surface area contributed by atoms with Crippen LogP contribution in [0.2, 0.25) is 0 Å². The monoisotopic (exact) mass is 310 g/mol. The number of hydrogen-bond donors (Lipinski definition) is 3. The molecule has 8 nitrogen and oxygen atoms in total. The van der Waals surface area contributed by atoms with Crippen LogP contribution in [0.4, 0.5) is 0 Å². The van der Waals surface area contributed by atoms with Gasteiger partial charge in [0.1, 0.15) is 12.3 Å². The third kappa shape index (κ3) is 4.05. The van der Waals surface area contributed by atoms with Crippen LogP contribution >= 0.6 is 0 Å². The van der Waals surface area contributed by atoms with E-state index in [1.807, 2.05) is 4.90 Å². The average Bonchev–Trinajstić information content (AvgIpc) is 3.12. The Bertz CT molecular complexity index is 529. The van der Waals surface area contributed by atoms with Crippen LogP contribution in [0, 0.1) is 0 Å². The molecule has 0 aliphatic carbocycles. The zero-order chi connectivity index (χ0) is 16.1. The minimum atomic E-state index is -0.812. The fourth-order valence-electron chi connectivity index (χ4n) is 2.25. The molecule has 0 spiro atoms. The molecule has 2 atom stereocenters. The third-order valence-electron chi connectivity index (χ3n) is 3.62. The van der Waals surface area contributed by atoms with E-state index in [1.165, 1.54) is 13.2 Å². The number of aliphatic hydroxyl groups excluding tert-OH is 1. The Labute approximate surface area is 128 Å². The van der Waals surface area contributed by atoms with Gasteiger partial charge in [-0.15, -0.1) is 0 Å². The van der Waals surface area contributed by atoms with Gasteiger partial charge in [0.05, 0.1) is 6.10 Å². The summed E-state index contributed by atoms with van der Waals surface area (Å²) in [4.78, 5) is 29.1. The maximum absolute atomic E-state index is 11.9. The lowest BCUT2D eigenvalue weighted by Gasteiger charge is -2.14. The summed E-state index contributed by atoms with van der Waals surface area (Å²) < 4.78 is 5.10. The molecule has 0 radical (unpaired) electrons. The first kappa shape index (κ1) is 16.4. The molecule has 1 fully saturated rings. The van der Waals surface area contributed by atoms with Crippen molar-refractivity contribution in [2.24, 2.45) is 5.73 Å². The number of aromatic nitrogens is 1. The largest absolute Gasteiger partial charge is 0.446 e. The standard InChI is InChI=1S/C14H22N4O4/c1-9(19)12(15)14-17-10(8-22-14)13(21)16-5-3-7-18-6-2-4-11(18)20/h8-9,12,19H,2-7,15H2,1H3,(H,16,21). The predicted octanol–water partition coefficient (Wildman–Crippen LogP) is -0.202. The molecule has 2 rings (SSSR count). The highest BCUT2D eigenvalue weighted by Gasteiger charge is 2.21. The molecule has 1 aliphatic heterocycles. The number of nitrogens with zero attached hydrogens (tertiary/aromatic N) is 2. The molecular formula is C14H22N4O4. The van der Waals surface area contributed by atoms with Gasteiger partial charge < -0.3 is 25.5 Å². The van der Waals surface area contributed by atoms with E-state index in [0.29, 0.717) is 25.9 Å². The van der Waals surface area contributed by atoms with Crippen molar-refractivity contribution in [3.63, 3.8) is 0 Å². The number of likely N-dealkylation sites (tertiary alicyclic amines) is 1. The molecule has 1 saturated heterocycles. The van der Waals surface area contributed by atoms with Gasteiger partial charge in [-0.1, -0.05) is 0 Å². The first-order valence-corrected chi connectivity index (χ1v) is 7.44. The van der Waals surface area contributed by atoms with E-state index < -0.39 is 12.1 Å². The quantitative estimate of drug-likeness (QED) is 0.599. The number of oxazole rings is 1. The molecule has 22 heavy (non-hydrogen) atoms. The fourth-order valence-corrected chi connectivity index (χ4v) is 2.25. The van der Waals surface area contributed by atoms with Gasteiger partial charge in [0.15, 0.2) is 5.69 Å². The maximum Gasteiger partial charge on any atom is 0.273 e. The second kappa shape index (κ2) is 7.37. The highest BCUT2D eigenvalue weighted by molar-refractivity contribution is 5.91. The Kier molecular flexibility index (Phi) is 5.51. The number of carbonyl (C=O) groups is 2. The lowest BCUT2D eigenvalue weighted by molar-refractivity contribution is -0.127. The lowest BCUT2D eigenvalue weighted by Crippen LogP contribution is -2.31. The molecule has 1 aliphatic rings. The molecule has 1 aromatic rings. The summed E-state index contributed by atoms with van der Waals surface area (Å²) in [7, 11) is 0. The molecule has 0 bridgehead atoms. The van der Waals surface area contributed by atoms with Crippen LogP contribution in [0.15, 0.2) is 10.7 Å². The SMILES string of the molecule is CC(O)C(N)c1nc(C(=O)NCCCN2CCCC2=O)co1. The van der Waals surface area contributed by atoms with E-state index >= 15 is 0 Å². The molecule has 0 saturated carbocycles. The van der Waals surface area contributed by atoms with Gasteiger partial charge in [0.2, 0.25) is 11.8 Å². The van der Waals surface area contributed by atoms with Gasteiger partial charge in [0.25, 0.3) is 5.91 Å². The molecule has 1 aromatic heterocycles. The molecule has 4 N–H and O–H groups in total. The maximum atomic E-state index is 11.9. The fraction of sp³-hybridized carbons (Fsp3) is 0.643. The van der Waals surface area contributed by atoms with E-state index in [9.17, 15) is 14.7 Å². The second-order valence-corrected chi connectivity index (χ2v) is 5.43. The number of rotatable bonds is 7. The Hall–Kier alpha value is -1.93. The number of aliphatic hydroxyl groups is 1. The van der Waals surface area contributed by atoms with Crippen LogP contribution in [0.3, 0.4) is 0 Å². The summed E-state index contributed by atoms with van der Waals surface area (Å²) in [6.45, 7) is 3.42. The van der Waals surface area contributed by atoms with E-state index in [1.54, 1.807) is 0 Å². The van der Waals surface area contributed by atoms with Crippen LogP contribution in [0.25, 0.3) is 0 Å². The summed E-state index contributed by atoms with van der Waals surface area (Å²) >= 11 is 0. The highest BCUT2D eigenvalue weighted by Crippen LogP contribution is 2.13. The number of hydrogen-bond acceptors (Lipinski definition) is 6. The summed E-state index contributed by atoms with van der Waals surface area (Å²) in [5.41, 5.74) is 5.81. The molecule has 122 valence electrons. The van der Waals surface area contributed by atoms with Crippen molar-refractivity contribution >= 4 is 11.8 Å². The van der Waals surface area contributed by atoms with Crippen LogP contribution in [-0.2, 0) is 4.79 Å². The minimum Gasteiger partial charge on any atom is -0.446 e. The number of nitrogens with one attached hydrogen (secondary N) is 1. The smallest absolute Gasteiger partial charge is 0.273 e. The van der Waals surface area contributed by atoms with Crippen molar-refractivity contribution < 1.29 is 19.1 Å². The first-order chi connectivity index (χ1) is 10.5. The summed E-state index contributed by atoms with van der Waals surface area (Å²) in [6.07, 6.45) is 2.63. The first-order valence-electron chi connectivity index (χ1n) is 7.44. The van der Waals surface area contributed by atoms with E-state index in [-0.39, 0.29) is 23.4 Å². The number of amides is 2. The second-order valence-electron chi connectivity index (χ2n) is 5.43. The van der Waals surface area contributed by atoms with E-state index in [4.69, 9.17) is 10.2 Å². The van der Waals surface area contributed by atoms with E-state index in [2.05, 4.69) is 10.3 Å². The van der Waals surface area contributed by atoms with Gasteiger partial charge in [-0.3, -0.25) is 9.59 Å². The Balaban J connectivity index is 1.74. The Morgan fingerprint density at radius 2 is 2.41 bits per heavy atom. The van der Waals surface area contributed by atoms with Crippen LogP contribution in [0.5, 0.6) is 0 Å². The predicted molar refractivity (Wildman–Crippen MR) is 77.9 cm³/mol. The minimum absolute atomic E-state index is 0.128. The molecule has 2 heterocycles. The number of carbonyl (C=O) groups excluding carboxylic acids is 2. The summed E-state index contributed by atoms with van der Waals surface area (Å²) in [6, 6.07) is -0.761. The van der Waals surface area contributed by atoms with Crippen molar-refractivity contribution in [2.75, 3.05) is 19.6 Å². The Morgan fingerprint density at radius 1 is 1.64 bits per heavy atom. The van der Waals surface area contributed by atoms with Crippen LogP contribution in [-0.4, -0.2) is 52.5 Å². The molecule has 2 amide bonds. The van der Waals surface area contributed by atoms with E-state index in [0.717, 1.165) is 13.0 Å². The van der Waals surface area contributed by atoms with Gasteiger partial charge in [-0.25, -0.2) is 4.98 Å². The zero-order valence-corrected chi connectivity index (χ0v) is 12.6. The normalized spacial score (nSPS) is 17.6. The van der Waals surface area contributed by atoms with Crippen molar-refractivity contribution in [3.8, 4) is 0 Å². The van der Waals surface area contributed by atoms with Crippen LogP contribution < -0.4 is 11.1 Å². The number of nitrogens with two attached hydrogens (primary N) is 1. The third-order valence-corrected chi connectivity index (χ3v) is 3.62. The molecular weight excluding hydrogens is 288 g/mol. The van der Waals surface area contributed by atoms with Crippen molar-refractivity contribution in [1.29, 1.82) is 0 Å². The summed E-state index contributed by atoms with van der Waals surface area (Å²) in [5, 5.41) is 12.1. The van der Waals surface area contributed by atoms with Crippen molar-refractivity contribution in [3.05, 3.63) is 17.8 Å². The van der Waals surface area contributed by atoms with Gasteiger partial charge in [-0.2, -0.15) is 0 Å². The molecule has 0 aromatic carbocycles. The molecule has 8 heteroatoms. The lowest BCUT2D eigenvalue weighted by atomic mass is 10.2. The Morgan fingerprint density at radius 3 is 3.05 bits per heavy atom. The van der Waals surface area contributed by atoms with Gasteiger partial charge in [-0.05, 0) is 19.8 Å². The van der Waals surface area contributed by atoms with Crippen LogP contribution in [0.1, 0.15) is 48.6 Å². The molecule has 2 unspecified atom stereocenters. The van der Waals surface area contributed by atoms with Gasteiger partial charge >= 0.3 is 0 Å². The van der Waals surface area contributed by atoms with Crippen molar-refractivity contribution in [1.82, 2.24) is 15.2 Å². The van der Waals surface area contributed by atoms with Crippen molar-refractivity contribution in [2.45, 2.75) is 38.3 Å². The summed E-state index contributed by atoms with van der Waals surface area (Å²) in [5.74, 6) is -0.0528. The zero-order valence-electron chi connectivity index (χ0n) is 12.6. The highest BCUT2D eigenvalue weighted by atomic mass is 16.3. The topological polar surface area (TPSA) is 122 Å².